The van der Waals surface area contributed by atoms with Crippen LogP contribution in [0.4, 0.5) is 13.2 Å². The summed E-state index contributed by atoms with van der Waals surface area (Å²) < 4.78 is 43.8. The first-order chi connectivity index (χ1) is 11.4. The van der Waals surface area contributed by atoms with Gasteiger partial charge in [-0.25, -0.2) is 4.98 Å². The van der Waals surface area contributed by atoms with Crippen LogP contribution in [0.5, 0.6) is 5.06 Å². The number of nitrogens with zero attached hydrogens (tertiary/aromatic N) is 4. The third kappa shape index (κ3) is 2.81. The first-order valence-electron chi connectivity index (χ1n) is 6.47. The smallest absolute Gasteiger partial charge is 0.416 e. The molecule has 0 bridgehead atoms. The van der Waals surface area contributed by atoms with Gasteiger partial charge in [0.1, 0.15) is 16.8 Å². The Kier molecular flexibility index (Phi) is 3.94. The number of alkyl halides is 3. The summed E-state index contributed by atoms with van der Waals surface area (Å²) in [6.07, 6.45) is -4.44. The number of nitrogens with one attached hydrogen (secondary N) is 1. The van der Waals surface area contributed by atoms with E-state index in [1.165, 1.54) is 19.2 Å². The maximum absolute atomic E-state index is 12.9. The molecule has 122 valence electrons. The number of hydrogen-bond donors (Lipinski definition) is 1. The van der Waals surface area contributed by atoms with Crippen molar-refractivity contribution < 1.29 is 17.9 Å². The van der Waals surface area contributed by atoms with E-state index in [0.29, 0.717) is 15.6 Å². The van der Waals surface area contributed by atoms with Crippen LogP contribution in [-0.4, -0.2) is 27.5 Å². The molecule has 0 saturated heterocycles. The number of aromatic amines is 1. The molecule has 10 heteroatoms. The van der Waals surface area contributed by atoms with Crippen molar-refractivity contribution in [2.24, 2.45) is 0 Å². The molecule has 0 spiro atoms. The van der Waals surface area contributed by atoms with Gasteiger partial charge in [0.05, 0.1) is 12.7 Å². The Morgan fingerprint density at radius 1 is 1.25 bits per heavy atom. The zero-order valence-electron chi connectivity index (χ0n) is 12.0. The third-order valence-corrected chi connectivity index (χ3v) is 4.16. The van der Waals surface area contributed by atoms with Crippen molar-refractivity contribution in [3.8, 4) is 33.1 Å². The highest BCUT2D eigenvalue weighted by Gasteiger charge is 2.31. The van der Waals surface area contributed by atoms with Crippen LogP contribution in [0.15, 0.2) is 24.3 Å². The summed E-state index contributed by atoms with van der Waals surface area (Å²) in [4.78, 5) is 4.28. The van der Waals surface area contributed by atoms with Crippen molar-refractivity contribution in [2.45, 2.75) is 6.18 Å². The summed E-state index contributed by atoms with van der Waals surface area (Å²) in [7, 11) is 1.40. The summed E-state index contributed by atoms with van der Waals surface area (Å²) in [6.45, 7) is 0. The Balaban J connectivity index is 2.10. The number of H-pyrrole nitrogens is 1. The molecule has 0 atom stereocenters. The molecule has 0 radical (unpaired) electrons. The van der Waals surface area contributed by atoms with E-state index in [1.54, 1.807) is 0 Å². The minimum atomic E-state index is -4.44. The number of methoxy groups -OCH3 is 1. The molecule has 0 saturated carbocycles. The lowest BCUT2D eigenvalue weighted by atomic mass is 10.1. The Hall–Kier alpha value is -2.93. The van der Waals surface area contributed by atoms with Gasteiger partial charge in [0.2, 0.25) is 5.06 Å². The molecule has 1 N–H and O–H groups in total. The molecule has 2 aromatic heterocycles. The van der Waals surface area contributed by atoms with Crippen LogP contribution in [-0.2, 0) is 6.18 Å². The fourth-order valence-corrected chi connectivity index (χ4v) is 2.90. The van der Waals surface area contributed by atoms with Crippen molar-refractivity contribution in [1.82, 2.24) is 20.4 Å². The number of halogens is 3. The van der Waals surface area contributed by atoms with Crippen LogP contribution in [0.2, 0.25) is 0 Å². The summed E-state index contributed by atoms with van der Waals surface area (Å²) in [5.41, 5.74) is -0.0190. The van der Waals surface area contributed by atoms with Gasteiger partial charge < -0.3 is 4.74 Å². The van der Waals surface area contributed by atoms with Gasteiger partial charge >= 0.3 is 6.18 Å². The Morgan fingerprint density at radius 3 is 2.71 bits per heavy atom. The number of nitriles is 1. The van der Waals surface area contributed by atoms with Gasteiger partial charge in [-0.3, -0.25) is 0 Å². The van der Waals surface area contributed by atoms with Gasteiger partial charge in [-0.15, -0.1) is 5.10 Å². The first-order valence-corrected chi connectivity index (χ1v) is 7.29. The zero-order chi connectivity index (χ0) is 17.3. The SMILES string of the molecule is COc1sc(-c2cccc(C(F)(F)F)c2)nc1-c1n[nH]nc1C#N. The summed E-state index contributed by atoms with van der Waals surface area (Å²) >= 11 is 1.06. The zero-order valence-corrected chi connectivity index (χ0v) is 12.9. The van der Waals surface area contributed by atoms with Crippen molar-refractivity contribution >= 4 is 11.3 Å². The minimum absolute atomic E-state index is 0.0224. The van der Waals surface area contributed by atoms with Crippen LogP contribution in [0.25, 0.3) is 22.0 Å². The second kappa shape index (κ2) is 5.93. The molecule has 0 unspecified atom stereocenters. The van der Waals surface area contributed by atoms with Crippen molar-refractivity contribution in [3.05, 3.63) is 35.5 Å². The molecule has 24 heavy (non-hydrogen) atoms. The van der Waals surface area contributed by atoms with E-state index in [9.17, 15) is 13.2 Å². The molecule has 0 aliphatic heterocycles. The molecule has 6 nitrogen and oxygen atoms in total. The van der Waals surface area contributed by atoms with E-state index in [2.05, 4.69) is 20.4 Å². The second-order valence-corrected chi connectivity index (χ2v) is 5.53. The van der Waals surface area contributed by atoms with Gasteiger partial charge in [0.15, 0.2) is 11.4 Å². The van der Waals surface area contributed by atoms with E-state index in [-0.39, 0.29) is 17.1 Å². The van der Waals surface area contributed by atoms with Crippen LogP contribution in [0, 0.1) is 11.3 Å². The highest BCUT2D eigenvalue weighted by Crippen LogP contribution is 2.40. The van der Waals surface area contributed by atoms with Crippen LogP contribution < -0.4 is 4.74 Å². The normalized spacial score (nSPS) is 11.3. The number of rotatable bonds is 3. The summed E-state index contributed by atoms with van der Waals surface area (Å²) in [5, 5.41) is 19.5. The lowest BCUT2D eigenvalue weighted by molar-refractivity contribution is -0.137. The quantitative estimate of drug-likeness (QED) is 0.780. The number of benzene rings is 1. The lowest BCUT2D eigenvalue weighted by Gasteiger charge is -2.07. The van der Waals surface area contributed by atoms with Crippen LogP contribution in [0.1, 0.15) is 11.3 Å². The maximum Gasteiger partial charge on any atom is 0.416 e. The Bertz CT molecular complexity index is 925. The predicted octanol–water partition coefficient (Wildman–Crippen LogP) is 3.49. The molecule has 2 heterocycles. The van der Waals surface area contributed by atoms with Crippen molar-refractivity contribution in [2.75, 3.05) is 7.11 Å². The van der Waals surface area contributed by atoms with Gasteiger partial charge in [-0.2, -0.15) is 28.7 Å². The molecular weight excluding hydrogens is 343 g/mol. The van der Waals surface area contributed by atoms with Gasteiger partial charge in [0.25, 0.3) is 0 Å². The number of ether oxygens (including phenoxy) is 1. The van der Waals surface area contributed by atoms with Crippen molar-refractivity contribution in [1.29, 1.82) is 5.26 Å². The van der Waals surface area contributed by atoms with E-state index in [4.69, 9.17) is 10.00 Å². The Labute approximate surface area is 137 Å². The van der Waals surface area contributed by atoms with Crippen LogP contribution in [0.3, 0.4) is 0 Å². The fourth-order valence-electron chi connectivity index (χ4n) is 2.02. The summed E-state index contributed by atoms with van der Waals surface area (Å²) in [5.74, 6) is 0. The number of aromatic nitrogens is 4. The molecule has 0 aliphatic rings. The van der Waals surface area contributed by atoms with Crippen LogP contribution >= 0.6 is 11.3 Å². The fraction of sp³-hybridized carbons (Fsp3) is 0.143. The second-order valence-electron chi connectivity index (χ2n) is 4.57. The van der Waals surface area contributed by atoms with E-state index < -0.39 is 11.7 Å². The molecule has 0 fully saturated rings. The molecule has 3 rings (SSSR count). The highest BCUT2D eigenvalue weighted by atomic mass is 32.1. The molecule has 3 aromatic rings. The average molecular weight is 351 g/mol. The largest absolute Gasteiger partial charge is 0.486 e. The molecule has 1 aromatic carbocycles. The molecule has 0 aliphatic carbocycles. The number of hydrogen-bond acceptors (Lipinski definition) is 6. The topological polar surface area (TPSA) is 87.5 Å². The predicted molar refractivity (Wildman–Crippen MR) is 79.2 cm³/mol. The first kappa shape index (κ1) is 15.9. The monoisotopic (exact) mass is 351 g/mol. The van der Waals surface area contributed by atoms with E-state index in [0.717, 1.165) is 23.5 Å². The lowest BCUT2D eigenvalue weighted by Crippen LogP contribution is -2.04. The highest BCUT2D eigenvalue weighted by molar-refractivity contribution is 7.17. The average Bonchev–Trinajstić information content (AvgIpc) is 3.20. The maximum atomic E-state index is 12.9. The van der Waals surface area contributed by atoms with E-state index in [1.807, 2.05) is 6.07 Å². The number of thiazole rings is 1. The molecule has 0 amide bonds. The van der Waals surface area contributed by atoms with Gasteiger partial charge in [0, 0.05) is 5.56 Å². The van der Waals surface area contributed by atoms with Gasteiger partial charge in [-0.05, 0) is 12.1 Å². The summed E-state index contributed by atoms with van der Waals surface area (Å²) in [6, 6.07) is 6.68. The third-order valence-electron chi connectivity index (χ3n) is 3.10. The van der Waals surface area contributed by atoms with E-state index >= 15 is 0 Å². The van der Waals surface area contributed by atoms with Crippen molar-refractivity contribution in [3.63, 3.8) is 0 Å². The van der Waals surface area contributed by atoms with Gasteiger partial charge in [-0.1, -0.05) is 23.5 Å². The standard InChI is InChI=1S/C14H8F3N5OS/c1-23-13-11(10-9(6-18)20-22-21-10)19-12(24-13)7-3-2-4-8(5-7)14(15,16)17/h2-5H,1H3,(H,20,21,22). The minimum Gasteiger partial charge on any atom is -0.486 e. The molecular formula is C14H8F3N5OS. The Morgan fingerprint density at radius 2 is 2.04 bits per heavy atom.